The maximum atomic E-state index is 9.35. The number of aromatic nitrogens is 2. The predicted octanol–water partition coefficient (Wildman–Crippen LogP) is 3.26. The highest BCUT2D eigenvalue weighted by molar-refractivity contribution is 5.89. The van der Waals surface area contributed by atoms with Crippen LogP contribution >= 0.6 is 0 Å². The van der Waals surface area contributed by atoms with E-state index in [1.807, 2.05) is 11.9 Å². The molecule has 0 aliphatic rings. The van der Waals surface area contributed by atoms with Crippen molar-refractivity contribution >= 4 is 17.6 Å². The molecule has 0 bridgehead atoms. The maximum Gasteiger partial charge on any atom is 0.225 e. The van der Waals surface area contributed by atoms with Crippen molar-refractivity contribution in [2.45, 2.75) is 13.3 Å². The van der Waals surface area contributed by atoms with E-state index in [9.17, 15) is 5.26 Å². The van der Waals surface area contributed by atoms with Gasteiger partial charge in [0, 0.05) is 31.5 Å². The Balaban J connectivity index is 2.24. The summed E-state index contributed by atoms with van der Waals surface area (Å²) in [7, 11) is 1.95. The second kappa shape index (κ2) is 7.72. The zero-order chi connectivity index (χ0) is 16.7. The Kier molecular flexibility index (Phi) is 5.44. The maximum absolute atomic E-state index is 9.35. The van der Waals surface area contributed by atoms with Gasteiger partial charge in [-0.25, -0.2) is 9.97 Å². The largest absolute Gasteiger partial charge is 0.344 e. The number of anilines is 1. The van der Waals surface area contributed by atoms with E-state index in [-0.39, 0.29) is 0 Å². The van der Waals surface area contributed by atoms with Crippen LogP contribution in [-0.4, -0.2) is 23.6 Å². The lowest BCUT2D eigenvalue weighted by atomic mass is 10.0. The van der Waals surface area contributed by atoms with E-state index >= 15 is 0 Å². The third-order valence-electron chi connectivity index (χ3n) is 3.32. The quantitative estimate of drug-likeness (QED) is 0.792. The molecule has 1 aromatic carbocycles. The van der Waals surface area contributed by atoms with Crippen LogP contribution in [0.1, 0.15) is 30.0 Å². The Morgan fingerprint density at radius 1 is 1.17 bits per heavy atom. The zero-order valence-electron chi connectivity index (χ0n) is 13.2. The van der Waals surface area contributed by atoms with Gasteiger partial charge in [-0.05, 0) is 30.2 Å². The molecule has 5 nitrogen and oxygen atoms in total. The van der Waals surface area contributed by atoms with Crippen LogP contribution in [0, 0.1) is 22.7 Å². The van der Waals surface area contributed by atoms with E-state index in [1.54, 1.807) is 42.7 Å². The van der Waals surface area contributed by atoms with E-state index in [2.05, 4.69) is 29.0 Å². The molecular weight excluding hydrogens is 286 g/mol. The fraction of sp³-hybridized carbons (Fsp3) is 0.222. The Morgan fingerprint density at radius 2 is 1.83 bits per heavy atom. The van der Waals surface area contributed by atoms with E-state index in [1.165, 1.54) is 0 Å². The first-order chi connectivity index (χ1) is 11.2. The first-order valence-electron chi connectivity index (χ1n) is 7.33. The summed E-state index contributed by atoms with van der Waals surface area (Å²) in [5.74, 6) is 0.667. The molecule has 1 aromatic heterocycles. The molecule has 0 fully saturated rings. The van der Waals surface area contributed by atoms with Crippen molar-refractivity contribution in [3.8, 4) is 12.1 Å². The average molecular weight is 303 g/mol. The zero-order valence-corrected chi connectivity index (χ0v) is 13.2. The van der Waals surface area contributed by atoms with Crippen molar-refractivity contribution in [3.05, 3.63) is 53.3 Å². The number of nitriles is 2. The number of nitrogens with zero attached hydrogens (tertiary/aromatic N) is 5. The molecule has 0 amide bonds. The summed E-state index contributed by atoms with van der Waals surface area (Å²) >= 11 is 0. The molecule has 0 spiro atoms. The van der Waals surface area contributed by atoms with Gasteiger partial charge in [0.2, 0.25) is 5.95 Å². The van der Waals surface area contributed by atoms with Gasteiger partial charge in [-0.15, -0.1) is 0 Å². The molecule has 2 rings (SSSR count). The molecule has 0 atom stereocenters. The molecular formula is C18H17N5. The van der Waals surface area contributed by atoms with E-state index in [4.69, 9.17) is 5.26 Å². The minimum atomic E-state index is 0.507. The second-order valence-corrected chi connectivity index (χ2v) is 5.10. The summed E-state index contributed by atoms with van der Waals surface area (Å²) in [6, 6.07) is 11.1. The van der Waals surface area contributed by atoms with Crippen LogP contribution in [0.15, 0.2) is 36.7 Å². The highest BCUT2D eigenvalue weighted by Gasteiger charge is 2.04. The van der Waals surface area contributed by atoms with Crippen molar-refractivity contribution in [1.29, 1.82) is 10.5 Å². The molecule has 23 heavy (non-hydrogen) atoms. The van der Waals surface area contributed by atoms with E-state index in [0.29, 0.717) is 17.1 Å². The normalized spacial score (nSPS) is 10.7. The number of hydrogen-bond donors (Lipinski definition) is 0. The molecule has 1 heterocycles. The first kappa shape index (κ1) is 16.2. The van der Waals surface area contributed by atoms with Crippen LogP contribution in [0.3, 0.4) is 0 Å². The van der Waals surface area contributed by atoms with Crippen LogP contribution in [0.4, 0.5) is 5.95 Å². The molecule has 0 aliphatic carbocycles. The van der Waals surface area contributed by atoms with Gasteiger partial charge in [-0.2, -0.15) is 10.5 Å². The lowest BCUT2D eigenvalue weighted by Crippen LogP contribution is -2.20. The molecule has 114 valence electrons. The Bertz CT molecular complexity index is 761. The minimum Gasteiger partial charge on any atom is -0.344 e. The van der Waals surface area contributed by atoms with Crippen molar-refractivity contribution < 1.29 is 0 Å². The van der Waals surface area contributed by atoms with Gasteiger partial charge in [0.25, 0.3) is 0 Å². The summed E-state index contributed by atoms with van der Waals surface area (Å²) in [6.45, 7) is 2.99. The topological polar surface area (TPSA) is 76.6 Å². The summed E-state index contributed by atoms with van der Waals surface area (Å²) in [6.07, 6.45) is 6.18. The van der Waals surface area contributed by atoms with E-state index in [0.717, 1.165) is 24.1 Å². The smallest absolute Gasteiger partial charge is 0.225 e. The summed E-state index contributed by atoms with van der Waals surface area (Å²) < 4.78 is 0. The number of benzene rings is 1. The van der Waals surface area contributed by atoms with Crippen LogP contribution in [0.25, 0.3) is 11.6 Å². The fourth-order valence-corrected chi connectivity index (χ4v) is 2.11. The first-order valence-corrected chi connectivity index (χ1v) is 7.33. The van der Waals surface area contributed by atoms with Gasteiger partial charge in [0.1, 0.15) is 0 Å². The Labute approximate surface area is 136 Å². The highest BCUT2D eigenvalue weighted by atomic mass is 15.2. The van der Waals surface area contributed by atoms with Crippen molar-refractivity contribution in [3.63, 3.8) is 0 Å². The second-order valence-electron chi connectivity index (χ2n) is 5.10. The fourth-order valence-electron chi connectivity index (χ4n) is 2.11. The monoisotopic (exact) mass is 303 g/mol. The SMILES string of the molecule is CCCN(C)c1ncc(/C=C(\C#N)c2ccc(C#N)cc2)cn1. The Morgan fingerprint density at radius 3 is 2.35 bits per heavy atom. The third kappa shape index (κ3) is 4.15. The molecule has 0 N–H and O–H groups in total. The molecule has 0 radical (unpaired) electrons. The summed E-state index contributed by atoms with van der Waals surface area (Å²) in [5, 5.41) is 18.2. The molecule has 0 aliphatic heterocycles. The predicted molar refractivity (Wildman–Crippen MR) is 90.2 cm³/mol. The lowest BCUT2D eigenvalue weighted by Gasteiger charge is -2.15. The van der Waals surface area contributed by atoms with Gasteiger partial charge in [0.15, 0.2) is 0 Å². The highest BCUT2D eigenvalue weighted by Crippen LogP contribution is 2.18. The number of rotatable bonds is 5. The van der Waals surface area contributed by atoms with Gasteiger partial charge in [-0.1, -0.05) is 19.1 Å². The van der Waals surface area contributed by atoms with Crippen molar-refractivity contribution in [2.75, 3.05) is 18.5 Å². The van der Waals surface area contributed by atoms with Crippen LogP contribution in [-0.2, 0) is 0 Å². The summed E-state index contributed by atoms with van der Waals surface area (Å²) in [4.78, 5) is 10.6. The minimum absolute atomic E-state index is 0.507. The number of allylic oxidation sites excluding steroid dienone is 1. The lowest BCUT2D eigenvalue weighted by molar-refractivity contribution is 0.818. The third-order valence-corrected chi connectivity index (χ3v) is 3.32. The van der Waals surface area contributed by atoms with Gasteiger partial charge < -0.3 is 4.90 Å². The number of hydrogen-bond acceptors (Lipinski definition) is 5. The van der Waals surface area contributed by atoms with Gasteiger partial charge in [-0.3, -0.25) is 0 Å². The molecule has 0 saturated carbocycles. The van der Waals surface area contributed by atoms with Crippen LogP contribution < -0.4 is 4.90 Å². The van der Waals surface area contributed by atoms with Crippen LogP contribution in [0.2, 0.25) is 0 Å². The van der Waals surface area contributed by atoms with Gasteiger partial charge in [0.05, 0.1) is 23.3 Å². The van der Waals surface area contributed by atoms with E-state index < -0.39 is 0 Å². The average Bonchev–Trinajstić information content (AvgIpc) is 2.60. The Hall–Kier alpha value is -3.18. The standard InChI is InChI=1S/C18H17N5/c1-3-8-23(2)18-21-12-15(13-22-18)9-17(11-20)16-6-4-14(10-19)5-7-16/h4-7,9,12-13H,3,8H2,1-2H3/b17-9+. The van der Waals surface area contributed by atoms with Crippen LogP contribution in [0.5, 0.6) is 0 Å². The van der Waals surface area contributed by atoms with Crippen molar-refractivity contribution in [2.24, 2.45) is 0 Å². The molecule has 0 saturated heterocycles. The van der Waals surface area contributed by atoms with Gasteiger partial charge >= 0.3 is 0 Å². The molecule has 5 heteroatoms. The molecule has 2 aromatic rings. The summed E-state index contributed by atoms with van der Waals surface area (Å²) in [5.41, 5.74) is 2.60. The van der Waals surface area contributed by atoms with Crippen molar-refractivity contribution in [1.82, 2.24) is 9.97 Å². The molecule has 0 unspecified atom stereocenters.